The van der Waals surface area contributed by atoms with Crippen molar-refractivity contribution in [2.24, 2.45) is 0 Å². The molecule has 1 heterocycles. The molecule has 0 radical (unpaired) electrons. The van der Waals surface area contributed by atoms with Gasteiger partial charge in [0.05, 0.1) is 10.9 Å². The Morgan fingerprint density at radius 3 is 2.70 bits per heavy atom. The molecule has 1 aliphatic rings. The summed E-state index contributed by atoms with van der Waals surface area (Å²) in [5, 5.41) is 8.65. The first kappa shape index (κ1) is 14.9. The number of imide groups is 1. The van der Waals surface area contributed by atoms with Gasteiger partial charge in [0.2, 0.25) is 5.91 Å². The van der Waals surface area contributed by atoms with E-state index in [2.05, 4.69) is 15.8 Å². The number of carbonyl (C=O) groups excluding carboxylic acids is 2. The van der Waals surface area contributed by atoms with Crippen LogP contribution in [0.3, 0.4) is 0 Å². The minimum Gasteiger partial charge on any atom is -0.361 e. The van der Waals surface area contributed by atoms with Crippen molar-refractivity contribution in [1.82, 2.24) is 15.8 Å². The van der Waals surface area contributed by atoms with Gasteiger partial charge in [0.15, 0.2) is 0 Å². The molecule has 3 amide bonds. The van der Waals surface area contributed by atoms with Crippen LogP contribution in [-0.4, -0.2) is 28.4 Å². The fourth-order valence-electron chi connectivity index (χ4n) is 1.65. The van der Waals surface area contributed by atoms with Crippen LogP contribution < -0.4 is 10.6 Å². The molecule has 0 spiro atoms. The number of nitrogens with zero attached hydrogens (tertiary/aromatic N) is 1. The van der Waals surface area contributed by atoms with Crippen molar-refractivity contribution in [3.05, 3.63) is 17.0 Å². The number of hydrogen-bond donors (Lipinski definition) is 2. The molecule has 6 nitrogen and oxygen atoms in total. The van der Waals surface area contributed by atoms with Gasteiger partial charge in [0, 0.05) is 17.4 Å². The second-order valence-corrected chi connectivity index (χ2v) is 6.32. The van der Waals surface area contributed by atoms with E-state index in [0.717, 1.165) is 29.9 Å². The third-order valence-electron chi connectivity index (χ3n) is 3.18. The van der Waals surface area contributed by atoms with Crippen molar-refractivity contribution < 1.29 is 14.1 Å². The highest BCUT2D eigenvalue weighted by atomic mass is 32.2. The molecule has 20 heavy (non-hydrogen) atoms. The molecule has 1 aliphatic carbocycles. The first-order chi connectivity index (χ1) is 9.47. The van der Waals surface area contributed by atoms with Crippen LogP contribution in [0.1, 0.15) is 36.8 Å². The topological polar surface area (TPSA) is 84.2 Å². The highest BCUT2D eigenvalue weighted by Crippen LogP contribution is 2.23. The Hall–Kier alpha value is -1.50. The van der Waals surface area contributed by atoms with Crippen molar-refractivity contribution in [2.45, 2.75) is 50.7 Å². The summed E-state index contributed by atoms with van der Waals surface area (Å²) in [6.07, 6.45) is 2.00. The van der Waals surface area contributed by atoms with Crippen LogP contribution in [-0.2, 0) is 10.5 Å². The molecule has 0 bridgehead atoms. The van der Waals surface area contributed by atoms with Crippen LogP contribution in [0.5, 0.6) is 0 Å². The maximum Gasteiger partial charge on any atom is 0.321 e. The number of hydrogen-bond acceptors (Lipinski definition) is 5. The standard InChI is InChI=1S/C13H19N3O3S/c1-7-11(8(2)19-16-7)6-20-9(3)12(17)15-13(18)14-10-4-5-10/h9-10H,4-6H2,1-3H3,(H2,14,15,17,18)/t9-/m0/s1. The van der Waals surface area contributed by atoms with E-state index in [1.54, 1.807) is 6.92 Å². The highest BCUT2D eigenvalue weighted by molar-refractivity contribution is 7.99. The van der Waals surface area contributed by atoms with Crippen LogP contribution >= 0.6 is 11.8 Å². The van der Waals surface area contributed by atoms with E-state index in [-0.39, 0.29) is 17.2 Å². The summed E-state index contributed by atoms with van der Waals surface area (Å²) >= 11 is 1.46. The molecule has 0 aromatic carbocycles. The number of aryl methyl sites for hydroxylation is 2. The number of carbonyl (C=O) groups is 2. The predicted molar refractivity (Wildman–Crippen MR) is 76.4 cm³/mol. The second kappa shape index (κ2) is 6.30. The van der Waals surface area contributed by atoms with E-state index in [4.69, 9.17) is 4.52 Å². The lowest BCUT2D eigenvalue weighted by Crippen LogP contribution is -2.43. The lowest BCUT2D eigenvalue weighted by molar-refractivity contribution is -0.119. The maximum absolute atomic E-state index is 11.9. The van der Waals surface area contributed by atoms with Crippen molar-refractivity contribution in [2.75, 3.05) is 0 Å². The zero-order valence-corrected chi connectivity index (χ0v) is 12.7. The minimum atomic E-state index is -0.401. The Balaban J connectivity index is 1.77. The molecule has 7 heteroatoms. The Labute approximate surface area is 122 Å². The number of aromatic nitrogens is 1. The monoisotopic (exact) mass is 297 g/mol. The van der Waals surface area contributed by atoms with E-state index in [9.17, 15) is 9.59 Å². The van der Waals surface area contributed by atoms with Gasteiger partial charge < -0.3 is 9.84 Å². The van der Waals surface area contributed by atoms with Gasteiger partial charge in [-0.2, -0.15) is 0 Å². The van der Waals surface area contributed by atoms with E-state index < -0.39 is 6.03 Å². The van der Waals surface area contributed by atoms with Gasteiger partial charge >= 0.3 is 6.03 Å². The number of amides is 3. The average molecular weight is 297 g/mol. The van der Waals surface area contributed by atoms with Gasteiger partial charge in [-0.1, -0.05) is 5.16 Å². The van der Waals surface area contributed by atoms with Gasteiger partial charge in [0.25, 0.3) is 0 Å². The molecule has 1 aromatic heterocycles. The smallest absolute Gasteiger partial charge is 0.321 e. The third kappa shape index (κ3) is 4.00. The molecule has 0 saturated heterocycles. The van der Waals surface area contributed by atoms with Crippen LogP contribution in [0.4, 0.5) is 4.79 Å². The summed E-state index contributed by atoms with van der Waals surface area (Å²) in [5.74, 6) is 1.13. The van der Waals surface area contributed by atoms with E-state index >= 15 is 0 Å². The molecule has 110 valence electrons. The first-order valence-corrected chi connectivity index (χ1v) is 7.67. The lowest BCUT2D eigenvalue weighted by Gasteiger charge is -2.11. The fraction of sp³-hybridized carbons (Fsp3) is 0.615. The molecule has 1 saturated carbocycles. The third-order valence-corrected chi connectivity index (χ3v) is 4.35. The quantitative estimate of drug-likeness (QED) is 0.867. The molecule has 2 N–H and O–H groups in total. The van der Waals surface area contributed by atoms with Gasteiger partial charge in [-0.05, 0) is 33.6 Å². The molecular formula is C13H19N3O3S. The Morgan fingerprint density at radius 2 is 2.15 bits per heavy atom. The second-order valence-electron chi connectivity index (χ2n) is 4.99. The zero-order chi connectivity index (χ0) is 14.7. The van der Waals surface area contributed by atoms with Crippen LogP contribution in [0, 0.1) is 13.8 Å². The number of urea groups is 1. The molecule has 1 fully saturated rings. The molecule has 1 atom stereocenters. The SMILES string of the molecule is Cc1noc(C)c1CS[C@@H](C)C(=O)NC(=O)NC1CC1. The number of thioether (sulfide) groups is 1. The number of nitrogens with one attached hydrogen (secondary N) is 2. The Kier molecular flexibility index (Phi) is 4.69. The summed E-state index contributed by atoms with van der Waals surface area (Å²) in [7, 11) is 0. The number of rotatable bonds is 5. The van der Waals surface area contributed by atoms with Crippen molar-refractivity contribution in [3.8, 4) is 0 Å². The van der Waals surface area contributed by atoms with Crippen LogP contribution in [0.2, 0.25) is 0 Å². The Bertz CT molecular complexity index is 491. The molecule has 1 aromatic rings. The summed E-state index contributed by atoms with van der Waals surface area (Å²) in [5.41, 5.74) is 1.85. The predicted octanol–water partition coefficient (Wildman–Crippen LogP) is 1.90. The highest BCUT2D eigenvalue weighted by Gasteiger charge is 2.25. The largest absolute Gasteiger partial charge is 0.361 e. The zero-order valence-electron chi connectivity index (χ0n) is 11.9. The van der Waals surface area contributed by atoms with Crippen molar-refractivity contribution in [1.29, 1.82) is 0 Å². The first-order valence-electron chi connectivity index (χ1n) is 6.62. The van der Waals surface area contributed by atoms with E-state index in [1.807, 2.05) is 13.8 Å². The lowest BCUT2D eigenvalue weighted by atomic mass is 10.2. The van der Waals surface area contributed by atoms with Crippen molar-refractivity contribution in [3.63, 3.8) is 0 Å². The van der Waals surface area contributed by atoms with E-state index in [1.165, 1.54) is 11.8 Å². The van der Waals surface area contributed by atoms with Gasteiger partial charge in [-0.25, -0.2) is 4.79 Å². The summed E-state index contributed by atoms with van der Waals surface area (Å²) in [4.78, 5) is 23.3. The van der Waals surface area contributed by atoms with Gasteiger partial charge in [0.1, 0.15) is 5.76 Å². The maximum atomic E-state index is 11.9. The fourth-order valence-corrected chi connectivity index (χ4v) is 2.69. The van der Waals surface area contributed by atoms with Crippen molar-refractivity contribution >= 4 is 23.7 Å². The van der Waals surface area contributed by atoms with Gasteiger partial charge in [-0.3, -0.25) is 10.1 Å². The Morgan fingerprint density at radius 1 is 1.45 bits per heavy atom. The molecule has 0 aliphatic heterocycles. The molecule has 2 rings (SSSR count). The summed E-state index contributed by atoms with van der Waals surface area (Å²) in [6, 6.07) is -0.157. The minimum absolute atomic E-state index is 0.244. The molecule has 0 unspecified atom stereocenters. The van der Waals surface area contributed by atoms with Crippen LogP contribution in [0.15, 0.2) is 4.52 Å². The normalized spacial score (nSPS) is 15.8. The molecular weight excluding hydrogens is 278 g/mol. The van der Waals surface area contributed by atoms with Gasteiger partial charge in [-0.15, -0.1) is 11.8 Å². The summed E-state index contributed by atoms with van der Waals surface area (Å²) < 4.78 is 5.08. The average Bonchev–Trinajstić information content (AvgIpc) is 3.13. The van der Waals surface area contributed by atoms with Crippen LogP contribution in [0.25, 0.3) is 0 Å². The summed E-state index contributed by atoms with van der Waals surface area (Å²) in [6.45, 7) is 5.51. The van der Waals surface area contributed by atoms with E-state index in [0.29, 0.717) is 5.75 Å².